The minimum atomic E-state index is -0.271. The van der Waals surface area contributed by atoms with Gasteiger partial charge in [-0.2, -0.15) is 0 Å². The second kappa shape index (κ2) is 6.85. The normalized spacial score (nSPS) is 16.8. The molecule has 1 atom stereocenters. The van der Waals surface area contributed by atoms with E-state index in [0.29, 0.717) is 5.56 Å². The molecule has 1 N–H and O–H groups in total. The highest BCUT2D eigenvalue weighted by Crippen LogP contribution is 2.40. The summed E-state index contributed by atoms with van der Waals surface area (Å²) in [5.41, 5.74) is 1.45. The first kappa shape index (κ1) is 16.1. The van der Waals surface area contributed by atoms with Gasteiger partial charge in [0.05, 0.1) is 6.04 Å². The molecule has 0 saturated carbocycles. The van der Waals surface area contributed by atoms with Gasteiger partial charge in [0.15, 0.2) is 0 Å². The summed E-state index contributed by atoms with van der Waals surface area (Å²) in [5.74, 6) is 0.0166. The number of benzene rings is 3. The number of nitrogens with zero attached hydrogens (tertiary/aromatic N) is 1. The average molecular weight is 335 g/mol. The number of fused-ring (bicyclic) bond motifs is 1. The van der Waals surface area contributed by atoms with Crippen molar-refractivity contribution in [3.63, 3.8) is 0 Å². The third kappa shape index (κ3) is 3.00. The predicted molar refractivity (Wildman–Crippen MR) is 99.3 cm³/mol. The van der Waals surface area contributed by atoms with Crippen molar-refractivity contribution in [2.45, 2.75) is 25.3 Å². The van der Waals surface area contributed by atoms with Crippen LogP contribution in [0.1, 0.15) is 36.4 Å². The third-order valence-corrected chi connectivity index (χ3v) is 5.18. The highest BCUT2D eigenvalue weighted by atomic mass is 19.1. The van der Waals surface area contributed by atoms with Crippen LogP contribution < -0.4 is 0 Å². The molecular formula is C22H22FNO. The van der Waals surface area contributed by atoms with E-state index in [4.69, 9.17) is 0 Å². The van der Waals surface area contributed by atoms with E-state index in [9.17, 15) is 9.50 Å². The number of likely N-dealkylation sites (tertiary alicyclic amines) is 1. The van der Waals surface area contributed by atoms with Gasteiger partial charge in [-0.25, -0.2) is 4.39 Å². The van der Waals surface area contributed by atoms with Gasteiger partial charge in [0.25, 0.3) is 0 Å². The van der Waals surface area contributed by atoms with Crippen molar-refractivity contribution < 1.29 is 9.50 Å². The molecule has 0 aliphatic carbocycles. The Morgan fingerprint density at radius 1 is 0.840 bits per heavy atom. The first-order valence-electron chi connectivity index (χ1n) is 8.95. The van der Waals surface area contributed by atoms with Crippen LogP contribution in [-0.4, -0.2) is 23.1 Å². The monoisotopic (exact) mass is 335 g/mol. The molecule has 128 valence electrons. The number of hydrogen-bond donors (Lipinski definition) is 1. The molecule has 4 rings (SSSR count). The maximum Gasteiger partial charge on any atom is 0.128 e. The molecule has 1 heterocycles. The number of hydrogen-bond acceptors (Lipinski definition) is 2. The lowest BCUT2D eigenvalue weighted by atomic mass is 9.90. The number of phenolic OH excluding ortho intramolecular Hbond substituents is 1. The van der Waals surface area contributed by atoms with Crippen molar-refractivity contribution in [3.05, 3.63) is 77.6 Å². The summed E-state index contributed by atoms with van der Waals surface area (Å²) in [7, 11) is 0. The molecule has 0 radical (unpaired) electrons. The highest BCUT2D eigenvalue weighted by molar-refractivity contribution is 5.88. The average Bonchev–Trinajstić information content (AvgIpc) is 2.66. The van der Waals surface area contributed by atoms with Crippen LogP contribution in [0.15, 0.2) is 60.7 Å². The van der Waals surface area contributed by atoms with Gasteiger partial charge in [0, 0.05) is 11.1 Å². The smallest absolute Gasteiger partial charge is 0.128 e. The summed E-state index contributed by atoms with van der Waals surface area (Å²) in [6.07, 6.45) is 3.43. The van der Waals surface area contributed by atoms with E-state index in [1.54, 1.807) is 12.1 Å². The molecule has 3 aromatic rings. The lowest BCUT2D eigenvalue weighted by molar-refractivity contribution is 0.183. The summed E-state index contributed by atoms with van der Waals surface area (Å²) >= 11 is 0. The van der Waals surface area contributed by atoms with E-state index in [1.165, 1.54) is 12.5 Å². The number of aromatic hydroxyl groups is 1. The van der Waals surface area contributed by atoms with Gasteiger partial charge < -0.3 is 5.11 Å². The Bertz CT molecular complexity index is 886. The molecule has 1 fully saturated rings. The Labute approximate surface area is 147 Å². The van der Waals surface area contributed by atoms with E-state index in [0.717, 1.165) is 42.3 Å². The van der Waals surface area contributed by atoms with Crippen LogP contribution in [0.4, 0.5) is 4.39 Å². The molecule has 0 aromatic heterocycles. The molecule has 1 saturated heterocycles. The van der Waals surface area contributed by atoms with Gasteiger partial charge in [-0.15, -0.1) is 0 Å². The van der Waals surface area contributed by atoms with Gasteiger partial charge in [-0.3, -0.25) is 4.90 Å². The molecule has 1 aliphatic rings. The Hall–Kier alpha value is -2.39. The van der Waals surface area contributed by atoms with E-state index in [1.807, 2.05) is 42.5 Å². The van der Waals surface area contributed by atoms with Crippen LogP contribution >= 0.6 is 0 Å². The number of phenols is 1. The van der Waals surface area contributed by atoms with Crippen molar-refractivity contribution in [2.24, 2.45) is 0 Å². The van der Waals surface area contributed by atoms with Crippen molar-refractivity contribution in [1.29, 1.82) is 0 Å². The molecule has 2 nitrogen and oxygen atoms in total. The first-order chi connectivity index (χ1) is 12.3. The quantitative estimate of drug-likeness (QED) is 0.706. The van der Waals surface area contributed by atoms with Crippen molar-refractivity contribution in [3.8, 4) is 5.75 Å². The largest absolute Gasteiger partial charge is 0.508 e. The SMILES string of the molecule is Oc1ccc2ccccc2c1C(c1ccccc1F)N1CCCCC1. The van der Waals surface area contributed by atoms with Crippen molar-refractivity contribution in [1.82, 2.24) is 4.90 Å². The Balaban J connectivity index is 1.95. The zero-order chi connectivity index (χ0) is 17.2. The molecule has 25 heavy (non-hydrogen) atoms. The number of rotatable bonds is 3. The first-order valence-corrected chi connectivity index (χ1v) is 8.95. The van der Waals surface area contributed by atoms with Crippen LogP contribution in [0.25, 0.3) is 10.8 Å². The van der Waals surface area contributed by atoms with E-state index in [2.05, 4.69) is 4.90 Å². The fourth-order valence-corrected chi connectivity index (χ4v) is 3.98. The standard InChI is InChI=1S/C22H22FNO/c23-19-11-5-4-10-18(19)22(24-14-6-1-7-15-24)21-17-9-3-2-8-16(17)12-13-20(21)25/h2-5,8-13,22,25H,1,6-7,14-15H2. The Morgan fingerprint density at radius 2 is 1.56 bits per heavy atom. The third-order valence-electron chi connectivity index (χ3n) is 5.18. The molecule has 0 amide bonds. The molecule has 0 spiro atoms. The summed E-state index contributed by atoms with van der Waals surface area (Å²) in [4.78, 5) is 2.31. The molecule has 1 unspecified atom stereocenters. The van der Waals surface area contributed by atoms with Gasteiger partial charge >= 0.3 is 0 Å². The zero-order valence-electron chi connectivity index (χ0n) is 14.2. The van der Waals surface area contributed by atoms with E-state index >= 15 is 0 Å². The minimum Gasteiger partial charge on any atom is -0.508 e. The predicted octanol–water partition coefficient (Wildman–Crippen LogP) is 5.26. The van der Waals surface area contributed by atoms with Crippen LogP contribution in [-0.2, 0) is 0 Å². The van der Waals surface area contributed by atoms with Crippen LogP contribution in [0.5, 0.6) is 5.75 Å². The topological polar surface area (TPSA) is 23.5 Å². The summed E-state index contributed by atoms with van der Waals surface area (Å²) in [5, 5.41) is 12.8. The van der Waals surface area contributed by atoms with Crippen LogP contribution in [0.2, 0.25) is 0 Å². The second-order valence-electron chi connectivity index (χ2n) is 6.74. The maximum atomic E-state index is 14.7. The fraction of sp³-hybridized carbons (Fsp3) is 0.273. The molecule has 3 aromatic carbocycles. The maximum absolute atomic E-state index is 14.7. The molecule has 0 bridgehead atoms. The van der Waals surface area contributed by atoms with E-state index in [-0.39, 0.29) is 17.6 Å². The van der Waals surface area contributed by atoms with Gasteiger partial charge in [-0.1, -0.05) is 55.0 Å². The zero-order valence-corrected chi connectivity index (χ0v) is 14.2. The van der Waals surface area contributed by atoms with Crippen molar-refractivity contribution in [2.75, 3.05) is 13.1 Å². The minimum absolute atomic E-state index is 0.217. The summed E-state index contributed by atoms with van der Waals surface area (Å²) in [6.45, 7) is 1.84. The van der Waals surface area contributed by atoms with E-state index < -0.39 is 0 Å². The summed E-state index contributed by atoms with van der Waals surface area (Å²) in [6, 6.07) is 18.3. The Kier molecular flexibility index (Phi) is 4.41. The lowest BCUT2D eigenvalue weighted by Crippen LogP contribution is -2.35. The fourth-order valence-electron chi connectivity index (χ4n) is 3.98. The lowest BCUT2D eigenvalue weighted by Gasteiger charge is -2.36. The number of halogens is 1. The van der Waals surface area contributed by atoms with Crippen molar-refractivity contribution >= 4 is 10.8 Å². The van der Waals surface area contributed by atoms with Gasteiger partial charge in [0.2, 0.25) is 0 Å². The second-order valence-corrected chi connectivity index (χ2v) is 6.74. The summed E-state index contributed by atoms with van der Waals surface area (Å²) < 4.78 is 14.7. The van der Waals surface area contributed by atoms with Gasteiger partial charge in [-0.05, 0) is 48.8 Å². The van der Waals surface area contributed by atoms with Crippen LogP contribution in [0, 0.1) is 5.82 Å². The molecular weight excluding hydrogens is 313 g/mol. The van der Waals surface area contributed by atoms with Gasteiger partial charge in [0.1, 0.15) is 11.6 Å². The van der Waals surface area contributed by atoms with Crippen LogP contribution in [0.3, 0.4) is 0 Å². The highest BCUT2D eigenvalue weighted by Gasteiger charge is 2.29. The molecule has 3 heteroatoms. The molecule has 1 aliphatic heterocycles. The Morgan fingerprint density at radius 3 is 2.36 bits per heavy atom. The number of piperidine rings is 1.